The second kappa shape index (κ2) is 7.32. The number of carboxylic acid groups (broad SMARTS) is 1. The van der Waals surface area contributed by atoms with Gasteiger partial charge in [-0.2, -0.15) is 0 Å². The summed E-state index contributed by atoms with van der Waals surface area (Å²) in [5, 5.41) is 14.0. The molecule has 0 spiro atoms. The summed E-state index contributed by atoms with van der Waals surface area (Å²) in [4.78, 5) is 21.7. The standard InChI is InChI=1S/C9H18N2O3/c1-3-5-7(9(13)14)11-6-8(12)10-4-2/h7,11H,3-6H2,1-2H3,(H,10,12)(H,13,14). The van der Waals surface area contributed by atoms with E-state index in [-0.39, 0.29) is 12.5 Å². The summed E-state index contributed by atoms with van der Waals surface area (Å²) in [6.07, 6.45) is 1.31. The molecule has 3 N–H and O–H groups in total. The highest BCUT2D eigenvalue weighted by molar-refractivity contribution is 5.79. The predicted molar refractivity (Wildman–Crippen MR) is 53.0 cm³/mol. The summed E-state index contributed by atoms with van der Waals surface area (Å²) in [6.45, 7) is 4.35. The SMILES string of the molecule is CCCC(NCC(=O)NCC)C(=O)O. The Morgan fingerprint density at radius 1 is 1.36 bits per heavy atom. The Balaban J connectivity index is 3.81. The van der Waals surface area contributed by atoms with Crippen molar-refractivity contribution in [2.75, 3.05) is 13.1 Å². The maximum absolute atomic E-state index is 11.0. The maximum Gasteiger partial charge on any atom is 0.320 e. The average molecular weight is 202 g/mol. The van der Waals surface area contributed by atoms with Crippen LogP contribution in [-0.4, -0.2) is 36.1 Å². The number of rotatable bonds is 7. The third-order valence-corrected chi connectivity index (χ3v) is 1.76. The van der Waals surface area contributed by atoms with Gasteiger partial charge in [-0.05, 0) is 13.3 Å². The van der Waals surface area contributed by atoms with Crippen LogP contribution in [0.25, 0.3) is 0 Å². The first-order chi connectivity index (χ1) is 6.61. The zero-order chi connectivity index (χ0) is 11.0. The van der Waals surface area contributed by atoms with E-state index in [0.29, 0.717) is 13.0 Å². The molecule has 0 aliphatic heterocycles. The summed E-state index contributed by atoms with van der Waals surface area (Å²) in [5.41, 5.74) is 0. The van der Waals surface area contributed by atoms with Crippen LogP contribution in [0.1, 0.15) is 26.7 Å². The van der Waals surface area contributed by atoms with E-state index < -0.39 is 12.0 Å². The Bertz CT molecular complexity index is 194. The molecular weight excluding hydrogens is 184 g/mol. The van der Waals surface area contributed by atoms with Crippen LogP contribution in [0.3, 0.4) is 0 Å². The minimum Gasteiger partial charge on any atom is -0.480 e. The van der Waals surface area contributed by atoms with Crippen molar-refractivity contribution in [2.45, 2.75) is 32.7 Å². The van der Waals surface area contributed by atoms with Crippen LogP contribution in [0.5, 0.6) is 0 Å². The number of amides is 1. The van der Waals surface area contributed by atoms with Crippen LogP contribution in [0, 0.1) is 0 Å². The molecule has 82 valence electrons. The van der Waals surface area contributed by atoms with E-state index in [4.69, 9.17) is 5.11 Å². The van der Waals surface area contributed by atoms with E-state index in [1.165, 1.54) is 0 Å². The number of hydrogen-bond donors (Lipinski definition) is 3. The fourth-order valence-corrected chi connectivity index (χ4v) is 1.08. The molecule has 0 aromatic carbocycles. The van der Waals surface area contributed by atoms with Gasteiger partial charge in [0.1, 0.15) is 6.04 Å². The van der Waals surface area contributed by atoms with Crippen LogP contribution in [0.15, 0.2) is 0 Å². The summed E-state index contributed by atoms with van der Waals surface area (Å²) in [7, 11) is 0. The van der Waals surface area contributed by atoms with Gasteiger partial charge in [-0.3, -0.25) is 14.9 Å². The van der Waals surface area contributed by atoms with Gasteiger partial charge in [-0.1, -0.05) is 13.3 Å². The highest BCUT2D eigenvalue weighted by atomic mass is 16.4. The van der Waals surface area contributed by atoms with Crippen LogP contribution in [0.4, 0.5) is 0 Å². The van der Waals surface area contributed by atoms with Crippen molar-refractivity contribution < 1.29 is 14.7 Å². The van der Waals surface area contributed by atoms with Gasteiger partial charge in [0.25, 0.3) is 0 Å². The van der Waals surface area contributed by atoms with Crippen molar-refractivity contribution in [3.05, 3.63) is 0 Å². The molecule has 14 heavy (non-hydrogen) atoms. The van der Waals surface area contributed by atoms with E-state index in [2.05, 4.69) is 10.6 Å². The lowest BCUT2D eigenvalue weighted by molar-refractivity contribution is -0.139. The highest BCUT2D eigenvalue weighted by Crippen LogP contribution is 1.95. The lowest BCUT2D eigenvalue weighted by Crippen LogP contribution is -2.42. The van der Waals surface area contributed by atoms with Crippen molar-refractivity contribution in [3.63, 3.8) is 0 Å². The summed E-state index contributed by atoms with van der Waals surface area (Å²) in [6, 6.07) is -0.623. The zero-order valence-corrected chi connectivity index (χ0v) is 8.67. The van der Waals surface area contributed by atoms with Crippen molar-refractivity contribution in [2.24, 2.45) is 0 Å². The lowest BCUT2D eigenvalue weighted by Gasteiger charge is -2.12. The fraction of sp³-hybridized carbons (Fsp3) is 0.778. The Morgan fingerprint density at radius 2 is 2.00 bits per heavy atom. The quantitative estimate of drug-likeness (QED) is 0.541. The zero-order valence-electron chi connectivity index (χ0n) is 8.67. The third kappa shape index (κ3) is 5.53. The van der Waals surface area contributed by atoms with Gasteiger partial charge in [0.15, 0.2) is 0 Å². The van der Waals surface area contributed by atoms with Gasteiger partial charge in [0.2, 0.25) is 5.91 Å². The molecule has 1 amide bonds. The minimum absolute atomic E-state index is 0.0603. The molecule has 0 saturated heterocycles. The van der Waals surface area contributed by atoms with E-state index in [0.717, 1.165) is 6.42 Å². The monoisotopic (exact) mass is 202 g/mol. The van der Waals surface area contributed by atoms with Crippen LogP contribution >= 0.6 is 0 Å². The Kier molecular flexibility index (Phi) is 6.74. The van der Waals surface area contributed by atoms with Crippen LogP contribution < -0.4 is 10.6 Å². The van der Waals surface area contributed by atoms with Crippen LogP contribution in [0.2, 0.25) is 0 Å². The summed E-state index contributed by atoms with van der Waals surface area (Å²) < 4.78 is 0. The highest BCUT2D eigenvalue weighted by Gasteiger charge is 2.16. The molecule has 0 aromatic rings. The maximum atomic E-state index is 11.0. The largest absolute Gasteiger partial charge is 0.480 e. The van der Waals surface area contributed by atoms with E-state index in [1.54, 1.807) is 0 Å². The van der Waals surface area contributed by atoms with Gasteiger partial charge in [-0.25, -0.2) is 0 Å². The van der Waals surface area contributed by atoms with Crippen molar-refractivity contribution in [1.29, 1.82) is 0 Å². The number of aliphatic carboxylic acids is 1. The number of likely N-dealkylation sites (N-methyl/N-ethyl adjacent to an activating group) is 1. The molecule has 5 nitrogen and oxygen atoms in total. The smallest absolute Gasteiger partial charge is 0.320 e. The Morgan fingerprint density at radius 3 is 2.43 bits per heavy atom. The normalized spacial score (nSPS) is 12.1. The molecule has 0 saturated carbocycles. The number of nitrogens with one attached hydrogen (secondary N) is 2. The second-order valence-electron chi connectivity index (χ2n) is 3.01. The van der Waals surface area contributed by atoms with Gasteiger partial charge < -0.3 is 10.4 Å². The Hall–Kier alpha value is -1.10. The third-order valence-electron chi connectivity index (χ3n) is 1.76. The summed E-state index contributed by atoms with van der Waals surface area (Å²) in [5.74, 6) is -1.08. The first-order valence-electron chi connectivity index (χ1n) is 4.84. The second-order valence-corrected chi connectivity index (χ2v) is 3.01. The number of carboxylic acids is 1. The minimum atomic E-state index is -0.906. The van der Waals surface area contributed by atoms with Gasteiger partial charge in [0, 0.05) is 6.54 Å². The molecule has 1 atom stereocenters. The topological polar surface area (TPSA) is 78.4 Å². The molecule has 0 fully saturated rings. The fourth-order valence-electron chi connectivity index (χ4n) is 1.08. The molecule has 0 aromatic heterocycles. The molecule has 0 bridgehead atoms. The van der Waals surface area contributed by atoms with Crippen molar-refractivity contribution in [3.8, 4) is 0 Å². The van der Waals surface area contributed by atoms with Gasteiger partial charge >= 0.3 is 5.97 Å². The predicted octanol–water partition coefficient (Wildman–Crippen LogP) is -0.0346. The molecule has 0 rings (SSSR count). The number of carbonyl (C=O) groups excluding carboxylic acids is 1. The van der Waals surface area contributed by atoms with Gasteiger partial charge in [-0.15, -0.1) is 0 Å². The first kappa shape index (κ1) is 12.9. The molecule has 0 heterocycles. The number of hydrogen-bond acceptors (Lipinski definition) is 3. The van der Waals surface area contributed by atoms with Crippen LogP contribution in [-0.2, 0) is 9.59 Å². The molecule has 0 radical (unpaired) electrons. The molecule has 5 heteroatoms. The molecule has 0 aliphatic carbocycles. The Labute approximate surface area is 83.9 Å². The van der Waals surface area contributed by atoms with E-state index in [1.807, 2.05) is 13.8 Å². The van der Waals surface area contributed by atoms with Crippen molar-refractivity contribution >= 4 is 11.9 Å². The van der Waals surface area contributed by atoms with Crippen molar-refractivity contribution in [1.82, 2.24) is 10.6 Å². The van der Waals surface area contributed by atoms with Gasteiger partial charge in [0.05, 0.1) is 6.54 Å². The number of carbonyl (C=O) groups is 2. The van der Waals surface area contributed by atoms with E-state index in [9.17, 15) is 9.59 Å². The molecular formula is C9H18N2O3. The average Bonchev–Trinajstić information content (AvgIpc) is 2.12. The summed E-state index contributed by atoms with van der Waals surface area (Å²) >= 11 is 0. The first-order valence-corrected chi connectivity index (χ1v) is 4.84. The lowest BCUT2D eigenvalue weighted by atomic mass is 10.2. The molecule has 1 unspecified atom stereocenters. The van der Waals surface area contributed by atoms with E-state index >= 15 is 0 Å². The molecule has 0 aliphatic rings.